The predicted octanol–water partition coefficient (Wildman–Crippen LogP) is 1.37. The summed E-state index contributed by atoms with van der Waals surface area (Å²) in [6.07, 6.45) is 2.26. The van der Waals surface area contributed by atoms with Gasteiger partial charge in [0.25, 0.3) is 5.91 Å². The van der Waals surface area contributed by atoms with E-state index in [9.17, 15) is 4.79 Å². The number of aromatic nitrogens is 2. The molecule has 2 atom stereocenters. The largest absolute Gasteiger partial charge is 0.480 e. The Hall–Kier alpha value is -2.41. The Labute approximate surface area is 134 Å². The van der Waals surface area contributed by atoms with Gasteiger partial charge in [-0.25, -0.2) is 4.98 Å². The highest BCUT2D eigenvalue weighted by atomic mass is 16.5. The molecule has 2 aromatic rings. The van der Waals surface area contributed by atoms with Crippen molar-refractivity contribution < 1.29 is 18.8 Å². The van der Waals surface area contributed by atoms with Crippen LogP contribution in [0.3, 0.4) is 0 Å². The Morgan fingerprint density at radius 2 is 2.35 bits per heavy atom. The lowest BCUT2D eigenvalue weighted by molar-refractivity contribution is 0.0920. The van der Waals surface area contributed by atoms with Crippen molar-refractivity contribution in [3.63, 3.8) is 0 Å². The Morgan fingerprint density at radius 1 is 1.48 bits per heavy atom. The number of nitrogens with zero attached hydrogens (tertiary/aromatic N) is 2. The Bertz CT molecular complexity index is 685. The SMILES string of the molecule is COc1ncccc1C(=O)N[C@H]1COC[C@H]1Cc1cc(C)no1. The van der Waals surface area contributed by atoms with E-state index in [2.05, 4.69) is 15.5 Å². The topological polar surface area (TPSA) is 86.5 Å². The van der Waals surface area contributed by atoms with E-state index >= 15 is 0 Å². The van der Waals surface area contributed by atoms with Crippen LogP contribution in [0.5, 0.6) is 5.88 Å². The van der Waals surface area contributed by atoms with Crippen LogP contribution >= 0.6 is 0 Å². The predicted molar refractivity (Wildman–Crippen MR) is 81.3 cm³/mol. The summed E-state index contributed by atoms with van der Waals surface area (Å²) in [5.74, 6) is 1.04. The van der Waals surface area contributed by atoms with Crippen LogP contribution in [0.1, 0.15) is 21.8 Å². The molecule has 3 rings (SSSR count). The van der Waals surface area contributed by atoms with Crippen molar-refractivity contribution in [1.82, 2.24) is 15.5 Å². The van der Waals surface area contributed by atoms with Gasteiger partial charge in [-0.3, -0.25) is 4.79 Å². The Balaban J connectivity index is 1.67. The summed E-state index contributed by atoms with van der Waals surface area (Å²) in [5.41, 5.74) is 1.26. The molecule has 0 spiro atoms. The summed E-state index contributed by atoms with van der Waals surface area (Å²) in [6.45, 7) is 2.94. The molecule has 1 aliphatic heterocycles. The molecule has 7 heteroatoms. The van der Waals surface area contributed by atoms with Crippen LogP contribution in [0.25, 0.3) is 0 Å². The quantitative estimate of drug-likeness (QED) is 0.896. The molecular weight excluding hydrogens is 298 g/mol. The highest BCUT2D eigenvalue weighted by Gasteiger charge is 2.31. The first kappa shape index (κ1) is 15.5. The third-order valence-corrected chi connectivity index (χ3v) is 3.86. The normalized spacial score (nSPS) is 20.4. The number of carbonyl (C=O) groups excluding carboxylic acids is 1. The minimum atomic E-state index is -0.218. The van der Waals surface area contributed by atoms with E-state index in [0.717, 1.165) is 11.5 Å². The molecule has 0 aliphatic carbocycles. The fourth-order valence-electron chi connectivity index (χ4n) is 2.70. The molecule has 0 aromatic carbocycles. The maximum atomic E-state index is 12.5. The van der Waals surface area contributed by atoms with Gasteiger partial charge in [-0.1, -0.05) is 5.16 Å². The minimum absolute atomic E-state index is 0.0854. The number of aryl methyl sites for hydroxylation is 1. The third-order valence-electron chi connectivity index (χ3n) is 3.86. The molecule has 2 aromatic heterocycles. The van der Waals surface area contributed by atoms with Gasteiger partial charge < -0.3 is 19.3 Å². The number of amides is 1. The van der Waals surface area contributed by atoms with Gasteiger partial charge >= 0.3 is 0 Å². The van der Waals surface area contributed by atoms with Gasteiger partial charge in [0.05, 0.1) is 32.1 Å². The second-order valence-electron chi connectivity index (χ2n) is 5.58. The molecule has 0 bridgehead atoms. The van der Waals surface area contributed by atoms with Crippen LogP contribution in [-0.2, 0) is 11.2 Å². The first-order valence-electron chi connectivity index (χ1n) is 7.47. The van der Waals surface area contributed by atoms with E-state index in [-0.39, 0.29) is 17.9 Å². The summed E-state index contributed by atoms with van der Waals surface area (Å²) in [7, 11) is 1.49. The number of nitrogens with one attached hydrogen (secondary N) is 1. The third kappa shape index (κ3) is 3.50. The summed E-state index contributed by atoms with van der Waals surface area (Å²) in [6, 6.07) is 5.21. The number of ether oxygens (including phenoxy) is 2. The zero-order valence-corrected chi connectivity index (χ0v) is 13.1. The first-order chi connectivity index (χ1) is 11.2. The number of hydrogen-bond donors (Lipinski definition) is 1. The molecule has 3 heterocycles. The molecule has 23 heavy (non-hydrogen) atoms. The molecule has 1 N–H and O–H groups in total. The molecule has 122 valence electrons. The first-order valence-corrected chi connectivity index (χ1v) is 7.47. The second kappa shape index (κ2) is 6.78. The molecule has 0 saturated carbocycles. The van der Waals surface area contributed by atoms with Crippen LogP contribution in [0.4, 0.5) is 0 Å². The lowest BCUT2D eigenvalue weighted by Gasteiger charge is -2.18. The molecule has 1 aliphatic rings. The van der Waals surface area contributed by atoms with E-state index < -0.39 is 0 Å². The van der Waals surface area contributed by atoms with Crippen molar-refractivity contribution in [3.05, 3.63) is 41.4 Å². The number of methoxy groups -OCH3 is 1. The molecule has 1 amide bonds. The van der Waals surface area contributed by atoms with Crippen LogP contribution in [0, 0.1) is 12.8 Å². The smallest absolute Gasteiger partial charge is 0.257 e. The summed E-state index contributed by atoms with van der Waals surface area (Å²) < 4.78 is 15.9. The van der Waals surface area contributed by atoms with Gasteiger partial charge in [-0.15, -0.1) is 0 Å². The van der Waals surface area contributed by atoms with Crippen molar-refractivity contribution >= 4 is 5.91 Å². The zero-order valence-electron chi connectivity index (χ0n) is 13.1. The monoisotopic (exact) mass is 317 g/mol. The lowest BCUT2D eigenvalue weighted by Crippen LogP contribution is -2.40. The summed E-state index contributed by atoms with van der Waals surface area (Å²) in [4.78, 5) is 16.5. The average Bonchev–Trinajstić information content (AvgIpc) is 3.17. The Kier molecular flexibility index (Phi) is 4.57. The molecule has 0 unspecified atom stereocenters. The van der Waals surface area contributed by atoms with E-state index in [1.807, 2.05) is 13.0 Å². The molecule has 1 saturated heterocycles. The highest BCUT2D eigenvalue weighted by molar-refractivity contribution is 5.96. The number of rotatable bonds is 5. The van der Waals surface area contributed by atoms with Crippen molar-refractivity contribution in [2.75, 3.05) is 20.3 Å². The highest BCUT2D eigenvalue weighted by Crippen LogP contribution is 2.21. The van der Waals surface area contributed by atoms with Crippen molar-refractivity contribution in [2.45, 2.75) is 19.4 Å². The molecular formula is C16H19N3O4. The second-order valence-corrected chi connectivity index (χ2v) is 5.58. The van der Waals surface area contributed by atoms with Crippen molar-refractivity contribution in [3.8, 4) is 5.88 Å². The van der Waals surface area contributed by atoms with Gasteiger partial charge in [-0.2, -0.15) is 0 Å². The standard InChI is InChI=1S/C16H19N3O4/c1-10-6-12(23-19-10)7-11-8-22-9-14(11)18-15(20)13-4-3-5-17-16(13)21-2/h3-6,11,14H,7-9H2,1-2H3,(H,18,20)/t11-,14+/m1/s1. The maximum absolute atomic E-state index is 12.5. The van der Waals surface area contributed by atoms with Crippen LogP contribution < -0.4 is 10.1 Å². The van der Waals surface area contributed by atoms with E-state index in [1.54, 1.807) is 18.3 Å². The van der Waals surface area contributed by atoms with Gasteiger partial charge in [0, 0.05) is 24.6 Å². The fourth-order valence-corrected chi connectivity index (χ4v) is 2.70. The minimum Gasteiger partial charge on any atom is -0.480 e. The van der Waals surface area contributed by atoms with Gasteiger partial charge in [0.1, 0.15) is 11.3 Å². The summed E-state index contributed by atoms with van der Waals surface area (Å²) in [5, 5.41) is 6.89. The maximum Gasteiger partial charge on any atom is 0.257 e. The molecule has 1 fully saturated rings. The van der Waals surface area contributed by atoms with Crippen LogP contribution in [-0.4, -0.2) is 42.4 Å². The van der Waals surface area contributed by atoms with E-state index in [0.29, 0.717) is 31.1 Å². The van der Waals surface area contributed by atoms with Crippen LogP contribution in [0.15, 0.2) is 28.9 Å². The average molecular weight is 317 g/mol. The molecule has 7 nitrogen and oxygen atoms in total. The van der Waals surface area contributed by atoms with Crippen molar-refractivity contribution in [2.24, 2.45) is 5.92 Å². The van der Waals surface area contributed by atoms with Crippen LogP contribution in [0.2, 0.25) is 0 Å². The molecule has 0 radical (unpaired) electrons. The fraction of sp³-hybridized carbons (Fsp3) is 0.438. The lowest BCUT2D eigenvalue weighted by atomic mass is 9.98. The van der Waals surface area contributed by atoms with Gasteiger partial charge in [0.15, 0.2) is 0 Å². The summed E-state index contributed by atoms with van der Waals surface area (Å²) >= 11 is 0. The zero-order chi connectivity index (χ0) is 16.2. The van der Waals surface area contributed by atoms with E-state index in [1.165, 1.54) is 7.11 Å². The number of hydrogen-bond acceptors (Lipinski definition) is 6. The van der Waals surface area contributed by atoms with Gasteiger partial charge in [-0.05, 0) is 19.1 Å². The van der Waals surface area contributed by atoms with Crippen molar-refractivity contribution in [1.29, 1.82) is 0 Å². The number of carbonyl (C=O) groups is 1. The van der Waals surface area contributed by atoms with E-state index in [4.69, 9.17) is 14.0 Å². The Morgan fingerprint density at radius 3 is 3.09 bits per heavy atom. The van der Waals surface area contributed by atoms with Gasteiger partial charge in [0.2, 0.25) is 5.88 Å². The number of pyridine rings is 1.